The van der Waals surface area contributed by atoms with Gasteiger partial charge in [0.05, 0.1) is 16.3 Å². The molecule has 1 atom stereocenters. The lowest BCUT2D eigenvalue weighted by Gasteiger charge is -2.15. The fraction of sp³-hybridized carbons (Fsp3) is 0.438. The van der Waals surface area contributed by atoms with Crippen LogP contribution in [0, 0.1) is 13.8 Å². The molecule has 0 bridgehead atoms. The number of rotatable bonds is 6. The first kappa shape index (κ1) is 15.9. The summed E-state index contributed by atoms with van der Waals surface area (Å²) in [6.45, 7) is 6.23. The van der Waals surface area contributed by atoms with Crippen molar-refractivity contribution in [2.24, 2.45) is 5.73 Å². The van der Waals surface area contributed by atoms with Gasteiger partial charge in [0.25, 0.3) is 0 Å². The lowest BCUT2D eigenvalue weighted by atomic mass is 10.0. The van der Waals surface area contributed by atoms with Crippen LogP contribution < -0.4 is 10.5 Å². The summed E-state index contributed by atoms with van der Waals surface area (Å²) in [6.07, 6.45) is 1.66. The molecule has 1 aromatic heterocycles. The molecule has 21 heavy (non-hydrogen) atoms. The van der Waals surface area contributed by atoms with E-state index in [0.29, 0.717) is 17.4 Å². The van der Waals surface area contributed by atoms with E-state index in [4.69, 9.17) is 26.6 Å². The maximum Gasteiger partial charge on any atom is 0.141 e. The van der Waals surface area contributed by atoms with Gasteiger partial charge in [-0.15, -0.1) is 0 Å². The van der Waals surface area contributed by atoms with E-state index in [1.807, 2.05) is 32.0 Å². The molecule has 0 amide bonds. The Morgan fingerprint density at radius 2 is 2.14 bits per heavy atom. The van der Waals surface area contributed by atoms with Gasteiger partial charge in [0.2, 0.25) is 0 Å². The van der Waals surface area contributed by atoms with E-state index in [1.54, 1.807) is 0 Å². The number of halogens is 1. The molecule has 0 spiro atoms. The van der Waals surface area contributed by atoms with Crippen LogP contribution in [0.4, 0.5) is 0 Å². The summed E-state index contributed by atoms with van der Waals surface area (Å²) in [6, 6.07) is 5.85. The van der Waals surface area contributed by atoms with Crippen LogP contribution in [0.2, 0.25) is 5.02 Å². The standard InChI is InChI=1S/C16H21ClN2O2/c1-4-13(18)8-12-6-5-7-15(17)16(12)20-9-14-10(2)19-21-11(14)3/h5-7,13H,4,8-9,18H2,1-3H3. The highest BCUT2D eigenvalue weighted by atomic mass is 35.5. The number of para-hydroxylation sites is 1. The van der Waals surface area contributed by atoms with Crippen molar-refractivity contribution in [3.05, 3.63) is 45.8 Å². The van der Waals surface area contributed by atoms with E-state index in [1.165, 1.54) is 0 Å². The lowest BCUT2D eigenvalue weighted by molar-refractivity contribution is 0.298. The number of ether oxygens (including phenoxy) is 1. The maximum absolute atomic E-state index is 6.27. The molecule has 2 rings (SSSR count). The Bertz CT molecular complexity index is 591. The minimum Gasteiger partial charge on any atom is -0.487 e. The van der Waals surface area contributed by atoms with E-state index < -0.39 is 0 Å². The second-order valence-electron chi connectivity index (χ2n) is 5.19. The zero-order valence-electron chi connectivity index (χ0n) is 12.6. The molecule has 0 aliphatic carbocycles. The third-order valence-electron chi connectivity index (χ3n) is 3.60. The zero-order chi connectivity index (χ0) is 15.4. The van der Waals surface area contributed by atoms with Gasteiger partial charge in [-0.05, 0) is 38.3 Å². The van der Waals surface area contributed by atoms with Crippen LogP contribution >= 0.6 is 11.6 Å². The molecule has 1 heterocycles. The molecule has 1 unspecified atom stereocenters. The number of nitrogens with two attached hydrogens (primary N) is 1. The maximum atomic E-state index is 6.27. The van der Waals surface area contributed by atoms with Crippen LogP contribution in [-0.2, 0) is 13.0 Å². The second-order valence-corrected chi connectivity index (χ2v) is 5.60. The summed E-state index contributed by atoms with van der Waals surface area (Å²) in [5.74, 6) is 1.47. The lowest BCUT2D eigenvalue weighted by Crippen LogP contribution is -2.21. The Morgan fingerprint density at radius 3 is 2.76 bits per heavy atom. The van der Waals surface area contributed by atoms with E-state index in [9.17, 15) is 0 Å². The smallest absolute Gasteiger partial charge is 0.141 e. The van der Waals surface area contributed by atoms with Gasteiger partial charge in [-0.2, -0.15) is 0 Å². The fourth-order valence-corrected chi connectivity index (χ4v) is 2.40. The van der Waals surface area contributed by atoms with Crippen LogP contribution in [0.15, 0.2) is 22.7 Å². The number of hydrogen-bond donors (Lipinski definition) is 1. The average molecular weight is 309 g/mol. The minimum absolute atomic E-state index is 0.102. The molecule has 114 valence electrons. The van der Waals surface area contributed by atoms with Crippen molar-refractivity contribution in [1.82, 2.24) is 5.16 Å². The number of benzene rings is 1. The molecule has 4 nitrogen and oxygen atoms in total. The fourth-order valence-electron chi connectivity index (χ4n) is 2.15. The summed E-state index contributed by atoms with van der Waals surface area (Å²) in [4.78, 5) is 0. The van der Waals surface area contributed by atoms with E-state index in [-0.39, 0.29) is 6.04 Å². The Morgan fingerprint density at radius 1 is 1.38 bits per heavy atom. The Labute approximate surface area is 130 Å². The Balaban J connectivity index is 2.19. The summed E-state index contributed by atoms with van der Waals surface area (Å²) >= 11 is 6.27. The first-order valence-electron chi connectivity index (χ1n) is 7.10. The molecule has 2 N–H and O–H groups in total. The highest BCUT2D eigenvalue weighted by molar-refractivity contribution is 6.32. The van der Waals surface area contributed by atoms with Crippen LogP contribution in [0.25, 0.3) is 0 Å². The average Bonchev–Trinajstić information content (AvgIpc) is 2.77. The highest BCUT2D eigenvalue weighted by Gasteiger charge is 2.14. The third-order valence-corrected chi connectivity index (χ3v) is 3.89. The molecule has 2 aromatic rings. The van der Waals surface area contributed by atoms with Crippen molar-refractivity contribution < 1.29 is 9.26 Å². The van der Waals surface area contributed by atoms with Crippen LogP contribution in [0.3, 0.4) is 0 Å². The molecule has 0 saturated carbocycles. The van der Waals surface area contributed by atoms with Gasteiger partial charge < -0.3 is 15.0 Å². The van der Waals surface area contributed by atoms with Crippen molar-refractivity contribution >= 4 is 11.6 Å². The van der Waals surface area contributed by atoms with Gasteiger partial charge in [-0.3, -0.25) is 0 Å². The molecule has 0 aliphatic rings. The molecular weight excluding hydrogens is 288 g/mol. The van der Waals surface area contributed by atoms with Crippen molar-refractivity contribution in [1.29, 1.82) is 0 Å². The Hall–Kier alpha value is -1.52. The minimum atomic E-state index is 0.102. The molecule has 1 aromatic carbocycles. The van der Waals surface area contributed by atoms with Gasteiger partial charge >= 0.3 is 0 Å². The van der Waals surface area contributed by atoms with E-state index in [0.717, 1.165) is 35.4 Å². The van der Waals surface area contributed by atoms with Crippen molar-refractivity contribution in [3.63, 3.8) is 0 Å². The van der Waals surface area contributed by atoms with E-state index in [2.05, 4.69) is 12.1 Å². The third kappa shape index (κ3) is 3.77. The molecule has 0 saturated heterocycles. The van der Waals surface area contributed by atoms with Crippen molar-refractivity contribution in [2.75, 3.05) is 0 Å². The van der Waals surface area contributed by atoms with Gasteiger partial charge in [-0.1, -0.05) is 35.8 Å². The SMILES string of the molecule is CCC(N)Cc1cccc(Cl)c1OCc1c(C)noc1C. The number of nitrogens with zero attached hydrogens (tertiary/aromatic N) is 1. The molecular formula is C16H21ClN2O2. The van der Waals surface area contributed by atoms with Crippen LogP contribution in [0.5, 0.6) is 5.75 Å². The first-order chi connectivity index (χ1) is 10.0. The Kier molecular flexibility index (Phi) is 5.26. The van der Waals surface area contributed by atoms with Crippen molar-refractivity contribution in [2.45, 2.75) is 46.3 Å². The summed E-state index contributed by atoms with van der Waals surface area (Å²) in [5.41, 5.74) is 8.87. The summed E-state index contributed by atoms with van der Waals surface area (Å²) in [7, 11) is 0. The van der Waals surface area contributed by atoms with Gasteiger partial charge in [-0.25, -0.2) is 0 Å². The predicted molar refractivity (Wildman–Crippen MR) is 83.7 cm³/mol. The number of hydrogen-bond acceptors (Lipinski definition) is 4. The normalized spacial score (nSPS) is 12.4. The molecule has 0 aliphatic heterocycles. The quantitative estimate of drug-likeness (QED) is 0.881. The zero-order valence-corrected chi connectivity index (χ0v) is 13.4. The first-order valence-corrected chi connectivity index (χ1v) is 7.48. The highest BCUT2D eigenvalue weighted by Crippen LogP contribution is 2.31. The molecule has 0 radical (unpaired) electrons. The molecule has 5 heteroatoms. The topological polar surface area (TPSA) is 61.3 Å². The number of aryl methyl sites for hydroxylation is 2. The van der Waals surface area contributed by atoms with Crippen LogP contribution in [-0.4, -0.2) is 11.2 Å². The summed E-state index contributed by atoms with van der Waals surface area (Å²) < 4.78 is 11.1. The number of aromatic nitrogens is 1. The largest absolute Gasteiger partial charge is 0.487 e. The van der Waals surface area contributed by atoms with Gasteiger partial charge in [0.1, 0.15) is 18.1 Å². The van der Waals surface area contributed by atoms with Crippen LogP contribution in [0.1, 0.15) is 35.9 Å². The summed E-state index contributed by atoms with van der Waals surface area (Å²) in [5, 5.41) is 4.53. The monoisotopic (exact) mass is 308 g/mol. The molecule has 0 fully saturated rings. The second kappa shape index (κ2) is 6.96. The van der Waals surface area contributed by atoms with Gasteiger partial charge in [0, 0.05) is 6.04 Å². The van der Waals surface area contributed by atoms with Gasteiger partial charge in [0.15, 0.2) is 0 Å². The van der Waals surface area contributed by atoms with Crippen molar-refractivity contribution in [3.8, 4) is 5.75 Å². The predicted octanol–water partition coefficient (Wildman–Crippen LogP) is 3.80. The van der Waals surface area contributed by atoms with E-state index >= 15 is 0 Å².